The quantitative estimate of drug-likeness (QED) is 0.856. The summed E-state index contributed by atoms with van der Waals surface area (Å²) in [6, 6.07) is 13.7. The molecule has 0 saturated carbocycles. The van der Waals surface area contributed by atoms with Crippen molar-refractivity contribution in [3.05, 3.63) is 58.9 Å². The summed E-state index contributed by atoms with van der Waals surface area (Å²) in [4.78, 5) is 14.2. The summed E-state index contributed by atoms with van der Waals surface area (Å²) >= 11 is 5.69. The summed E-state index contributed by atoms with van der Waals surface area (Å²) in [5.41, 5.74) is 1.72. The molecule has 1 aliphatic heterocycles. The van der Waals surface area contributed by atoms with Gasteiger partial charge >= 0.3 is 0 Å². The number of hydrogen-bond acceptors (Lipinski definition) is 3. The van der Waals surface area contributed by atoms with Crippen LogP contribution in [-0.2, 0) is 0 Å². The Balaban J connectivity index is 1.63. The molecule has 108 valence electrons. The Morgan fingerprint density at radius 1 is 1.05 bits per heavy atom. The Kier molecular flexibility index (Phi) is 4.15. The average molecular weight is 302 g/mol. The molecule has 0 atom stereocenters. The predicted molar refractivity (Wildman–Crippen MR) is 81.4 cm³/mol. The molecule has 3 rings (SSSR count). The van der Waals surface area contributed by atoms with Crippen LogP contribution in [0.5, 0.6) is 0 Å². The third kappa shape index (κ3) is 3.22. The summed E-state index contributed by atoms with van der Waals surface area (Å²) in [5, 5.41) is 7.88. The number of amides is 1. The van der Waals surface area contributed by atoms with E-state index in [-0.39, 0.29) is 5.91 Å². The highest BCUT2D eigenvalue weighted by molar-refractivity contribution is 6.29. The monoisotopic (exact) mass is 301 g/mol. The standard InChI is InChI=1S/C16H16ClN3O/c17-15-7-6-14(18-19-15)16(21)20-10-8-13(9-11-20)12-4-2-1-3-5-12/h1-7,13H,8-11H2. The van der Waals surface area contributed by atoms with Crippen molar-refractivity contribution in [2.45, 2.75) is 18.8 Å². The number of benzene rings is 1. The molecule has 1 aromatic heterocycles. The Hall–Kier alpha value is -1.94. The first-order valence-corrected chi connectivity index (χ1v) is 7.45. The summed E-state index contributed by atoms with van der Waals surface area (Å²) in [6.07, 6.45) is 1.97. The first-order chi connectivity index (χ1) is 10.2. The van der Waals surface area contributed by atoms with Crippen LogP contribution >= 0.6 is 11.6 Å². The number of rotatable bonds is 2. The number of nitrogens with zero attached hydrogens (tertiary/aromatic N) is 3. The van der Waals surface area contributed by atoms with E-state index in [4.69, 9.17) is 11.6 Å². The molecule has 0 spiro atoms. The van der Waals surface area contributed by atoms with Gasteiger partial charge in [-0.2, -0.15) is 0 Å². The molecular formula is C16H16ClN3O. The molecule has 0 radical (unpaired) electrons. The second kappa shape index (κ2) is 6.22. The minimum Gasteiger partial charge on any atom is -0.337 e. The van der Waals surface area contributed by atoms with Crippen LogP contribution in [0.1, 0.15) is 34.8 Å². The minimum absolute atomic E-state index is 0.0642. The predicted octanol–water partition coefficient (Wildman–Crippen LogP) is 3.15. The Bertz CT molecular complexity index is 607. The fourth-order valence-electron chi connectivity index (χ4n) is 2.73. The number of aromatic nitrogens is 2. The lowest BCUT2D eigenvalue weighted by Gasteiger charge is -2.32. The van der Waals surface area contributed by atoms with Crippen LogP contribution in [0.25, 0.3) is 0 Å². The zero-order chi connectivity index (χ0) is 14.7. The molecule has 1 amide bonds. The fourth-order valence-corrected chi connectivity index (χ4v) is 2.83. The Morgan fingerprint density at radius 2 is 1.76 bits per heavy atom. The summed E-state index contributed by atoms with van der Waals surface area (Å²) in [5.74, 6) is 0.470. The largest absolute Gasteiger partial charge is 0.337 e. The van der Waals surface area contributed by atoms with E-state index in [1.165, 1.54) is 5.56 Å². The number of halogens is 1. The maximum absolute atomic E-state index is 12.3. The Morgan fingerprint density at radius 3 is 2.38 bits per heavy atom. The molecule has 0 aliphatic carbocycles. The van der Waals surface area contributed by atoms with E-state index in [0.717, 1.165) is 25.9 Å². The van der Waals surface area contributed by atoms with E-state index in [9.17, 15) is 4.79 Å². The molecule has 2 heterocycles. The van der Waals surface area contributed by atoms with Gasteiger partial charge in [0.15, 0.2) is 10.8 Å². The maximum atomic E-state index is 12.3. The van der Waals surface area contributed by atoms with Crippen molar-refractivity contribution >= 4 is 17.5 Å². The average Bonchev–Trinajstić information content (AvgIpc) is 2.56. The first-order valence-electron chi connectivity index (χ1n) is 7.07. The smallest absolute Gasteiger partial charge is 0.274 e. The summed E-state index contributed by atoms with van der Waals surface area (Å²) < 4.78 is 0. The minimum atomic E-state index is -0.0642. The van der Waals surface area contributed by atoms with E-state index >= 15 is 0 Å². The molecule has 2 aromatic rings. The van der Waals surface area contributed by atoms with Gasteiger partial charge in [-0.05, 0) is 36.5 Å². The number of piperidine rings is 1. The SMILES string of the molecule is O=C(c1ccc(Cl)nn1)N1CCC(c2ccccc2)CC1. The second-order valence-electron chi connectivity index (χ2n) is 5.22. The molecule has 1 aromatic carbocycles. The summed E-state index contributed by atoms with van der Waals surface area (Å²) in [6.45, 7) is 1.51. The van der Waals surface area contributed by atoms with Crippen molar-refractivity contribution < 1.29 is 4.79 Å². The van der Waals surface area contributed by atoms with Gasteiger partial charge in [0.25, 0.3) is 5.91 Å². The lowest BCUT2D eigenvalue weighted by atomic mass is 9.89. The van der Waals surface area contributed by atoms with Gasteiger partial charge in [-0.15, -0.1) is 10.2 Å². The van der Waals surface area contributed by atoms with Crippen molar-refractivity contribution in [1.29, 1.82) is 0 Å². The highest BCUT2D eigenvalue weighted by Gasteiger charge is 2.25. The van der Waals surface area contributed by atoms with Gasteiger partial charge in [0.2, 0.25) is 0 Å². The first kappa shape index (κ1) is 14.0. The van der Waals surface area contributed by atoms with Crippen LogP contribution in [-0.4, -0.2) is 34.1 Å². The molecule has 5 heteroatoms. The fraction of sp³-hybridized carbons (Fsp3) is 0.312. The molecule has 0 unspecified atom stereocenters. The zero-order valence-corrected chi connectivity index (χ0v) is 12.3. The van der Waals surface area contributed by atoms with Crippen molar-refractivity contribution in [3.63, 3.8) is 0 Å². The lowest BCUT2D eigenvalue weighted by Crippen LogP contribution is -2.38. The number of carbonyl (C=O) groups is 1. The van der Waals surface area contributed by atoms with Crippen LogP contribution in [0.4, 0.5) is 0 Å². The van der Waals surface area contributed by atoms with Crippen molar-refractivity contribution in [1.82, 2.24) is 15.1 Å². The topological polar surface area (TPSA) is 46.1 Å². The van der Waals surface area contributed by atoms with Gasteiger partial charge in [-0.3, -0.25) is 4.79 Å². The van der Waals surface area contributed by atoms with Crippen LogP contribution in [0.15, 0.2) is 42.5 Å². The molecule has 0 bridgehead atoms. The van der Waals surface area contributed by atoms with E-state index in [1.807, 2.05) is 11.0 Å². The second-order valence-corrected chi connectivity index (χ2v) is 5.61. The zero-order valence-electron chi connectivity index (χ0n) is 11.6. The number of carbonyl (C=O) groups excluding carboxylic acids is 1. The Labute approximate surface area is 128 Å². The van der Waals surface area contributed by atoms with Crippen LogP contribution < -0.4 is 0 Å². The normalized spacial score (nSPS) is 16.0. The van der Waals surface area contributed by atoms with Crippen molar-refractivity contribution in [2.24, 2.45) is 0 Å². The van der Waals surface area contributed by atoms with Gasteiger partial charge in [0, 0.05) is 13.1 Å². The number of likely N-dealkylation sites (tertiary alicyclic amines) is 1. The third-order valence-corrected chi connectivity index (χ3v) is 4.11. The molecule has 1 aliphatic rings. The summed E-state index contributed by atoms with van der Waals surface area (Å²) in [7, 11) is 0. The van der Waals surface area contributed by atoms with Gasteiger partial charge in [-0.25, -0.2) is 0 Å². The van der Waals surface area contributed by atoms with Gasteiger partial charge in [0.1, 0.15) is 0 Å². The molecular weight excluding hydrogens is 286 g/mol. The van der Waals surface area contributed by atoms with Crippen molar-refractivity contribution in [3.8, 4) is 0 Å². The van der Waals surface area contributed by atoms with Crippen LogP contribution in [0, 0.1) is 0 Å². The highest BCUT2D eigenvalue weighted by atomic mass is 35.5. The molecule has 21 heavy (non-hydrogen) atoms. The molecule has 4 nitrogen and oxygen atoms in total. The van der Waals surface area contributed by atoms with Crippen LogP contribution in [0.3, 0.4) is 0 Å². The maximum Gasteiger partial charge on any atom is 0.274 e. The molecule has 0 N–H and O–H groups in total. The van der Waals surface area contributed by atoms with E-state index in [0.29, 0.717) is 16.8 Å². The van der Waals surface area contributed by atoms with E-state index in [2.05, 4.69) is 34.5 Å². The van der Waals surface area contributed by atoms with E-state index in [1.54, 1.807) is 12.1 Å². The van der Waals surface area contributed by atoms with Gasteiger partial charge < -0.3 is 4.90 Å². The highest BCUT2D eigenvalue weighted by Crippen LogP contribution is 2.28. The van der Waals surface area contributed by atoms with E-state index < -0.39 is 0 Å². The lowest BCUT2D eigenvalue weighted by molar-refractivity contribution is 0.0706. The van der Waals surface area contributed by atoms with Gasteiger partial charge in [0.05, 0.1) is 0 Å². The molecule has 1 saturated heterocycles. The molecule has 1 fully saturated rings. The number of hydrogen-bond donors (Lipinski definition) is 0. The van der Waals surface area contributed by atoms with Crippen molar-refractivity contribution in [2.75, 3.05) is 13.1 Å². The van der Waals surface area contributed by atoms with Crippen LogP contribution in [0.2, 0.25) is 5.15 Å². The van der Waals surface area contributed by atoms with Gasteiger partial charge in [-0.1, -0.05) is 41.9 Å². The third-order valence-electron chi connectivity index (χ3n) is 3.90.